The number of alkyl halides is 2. The molecular formula is C26H29F3N6O. The zero-order chi connectivity index (χ0) is 26.0. The summed E-state index contributed by atoms with van der Waals surface area (Å²) in [5.74, 6) is -0.506. The number of nitrogens with one attached hydrogen (secondary N) is 2. The van der Waals surface area contributed by atoms with Crippen molar-refractivity contribution in [1.29, 1.82) is 0 Å². The van der Waals surface area contributed by atoms with E-state index in [2.05, 4.69) is 25.6 Å². The average Bonchev–Trinajstić information content (AvgIpc) is 3.27. The van der Waals surface area contributed by atoms with Crippen LogP contribution in [0.25, 0.3) is 17.0 Å². The smallest absolute Gasteiger partial charge is 0.267 e. The topological polar surface area (TPSA) is 87.4 Å². The first-order valence-electron chi connectivity index (χ1n) is 11.6. The Morgan fingerprint density at radius 3 is 2.36 bits per heavy atom. The van der Waals surface area contributed by atoms with Crippen LogP contribution >= 0.6 is 0 Å². The lowest BCUT2D eigenvalue weighted by molar-refractivity contribution is 0.152. The molecule has 36 heavy (non-hydrogen) atoms. The Morgan fingerprint density at radius 2 is 1.72 bits per heavy atom. The maximum Gasteiger partial charge on any atom is 0.267 e. The van der Waals surface area contributed by atoms with E-state index >= 15 is 0 Å². The highest BCUT2D eigenvalue weighted by Crippen LogP contribution is 2.29. The highest BCUT2D eigenvalue weighted by molar-refractivity contribution is 5.63. The normalized spacial score (nSPS) is 13.8. The number of aliphatic hydroxyl groups excluding tert-OH is 1. The number of hydrogen-bond donors (Lipinski definition) is 3. The van der Waals surface area contributed by atoms with E-state index in [1.165, 1.54) is 28.9 Å². The third kappa shape index (κ3) is 5.50. The molecule has 0 aliphatic heterocycles. The number of fused-ring (bicyclic) bond motifs is 1. The number of aliphatic hydroxyl groups is 1. The fourth-order valence-electron chi connectivity index (χ4n) is 4.05. The van der Waals surface area contributed by atoms with Gasteiger partial charge in [-0.2, -0.15) is 0 Å². The number of aromatic nitrogens is 4. The first-order chi connectivity index (χ1) is 17.1. The van der Waals surface area contributed by atoms with Crippen LogP contribution in [-0.4, -0.2) is 36.6 Å². The average molecular weight is 499 g/mol. The van der Waals surface area contributed by atoms with Gasteiger partial charge in [0.05, 0.1) is 42.3 Å². The van der Waals surface area contributed by atoms with Gasteiger partial charge in [0.15, 0.2) is 5.82 Å². The van der Waals surface area contributed by atoms with Crippen LogP contribution in [-0.2, 0) is 0 Å². The zero-order valence-electron chi connectivity index (χ0n) is 20.5. The van der Waals surface area contributed by atoms with E-state index in [0.717, 1.165) is 17.3 Å². The quantitative estimate of drug-likeness (QED) is 0.299. The predicted molar refractivity (Wildman–Crippen MR) is 132 cm³/mol. The van der Waals surface area contributed by atoms with Gasteiger partial charge in [-0.15, -0.1) is 0 Å². The highest BCUT2D eigenvalue weighted by Gasteiger charge is 2.20. The molecule has 0 spiro atoms. The molecular weight excluding hydrogens is 469 g/mol. The second-order valence-electron chi connectivity index (χ2n) is 9.65. The fourth-order valence-corrected chi connectivity index (χ4v) is 4.05. The predicted octanol–water partition coefficient (Wildman–Crippen LogP) is 5.46. The number of hydrogen-bond acceptors (Lipinski definition) is 6. The largest absolute Gasteiger partial charge is 0.394 e. The molecule has 0 fully saturated rings. The Balaban J connectivity index is 1.56. The molecule has 1 unspecified atom stereocenters. The lowest BCUT2D eigenvalue weighted by atomic mass is 9.99. The van der Waals surface area contributed by atoms with Crippen LogP contribution in [0.2, 0.25) is 0 Å². The Bertz CT molecular complexity index is 1330. The minimum atomic E-state index is -2.71. The van der Waals surface area contributed by atoms with Crippen LogP contribution in [0.1, 0.15) is 62.9 Å². The number of anilines is 1. The second-order valence-corrected chi connectivity index (χ2v) is 9.65. The molecule has 7 nitrogen and oxygen atoms in total. The molecule has 0 bridgehead atoms. The third-order valence-corrected chi connectivity index (χ3v) is 5.76. The Morgan fingerprint density at radius 1 is 1.03 bits per heavy atom. The molecule has 1 aromatic carbocycles. The van der Waals surface area contributed by atoms with E-state index in [1.807, 2.05) is 52.0 Å². The monoisotopic (exact) mass is 498 g/mol. The van der Waals surface area contributed by atoms with E-state index in [4.69, 9.17) is 0 Å². The van der Waals surface area contributed by atoms with Crippen molar-refractivity contribution in [2.24, 2.45) is 0 Å². The molecule has 0 amide bonds. The van der Waals surface area contributed by atoms with Gasteiger partial charge >= 0.3 is 0 Å². The Labute approximate surface area is 207 Å². The van der Waals surface area contributed by atoms with Gasteiger partial charge in [-0.1, -0.05) is 24.3 Å². The van der Waals surface area contributed by atoms with Crippen molar-refractivity contribution < 1.29 is 18.3 Å². The third-order valence-electron chi connectivity index (χ3n) is 5.76. The van der Waals surface area contributed by atoms with Crippen molar-refractivity contribution in [3.8, 4) is 11.4 Å². The van der Waals surface area contributed by atoms with E-state index in [9.17, 15) is 18.3 Å². The summed E-state index contributed by atoms with van der Waals surface area (Å²) in [5, 5.41) is 16.3. The standard InChI is InChI=1S/C26H29F3N6O/c1-15(16-7-9-17(10-8-16)20(14-36)34-26(2,3)4)32-25-31-12-19(27)22(33-25)21-13-30-24-18(23(28)29)6-5-11-35(21)24/h5-13,15,20,23,34,36H,14H2,1-4H3,(H,31,32,33)/t15-,20?/m0/s1. The maximum atomic E-state index is 14.7. The number of halogens is 3. The molecule has 3 aromatic heterocycles. The lowest BCUT2D eigenvalue weighted by Gasteiger charge is -2.28. The van der Waals surface area contributed by atoms with Crippen LogP contribution in [0.4, 0.5) is 19.1 Å². The van der Waals surface area contributed by atoms with E-state index < -0.39 is 12.2 Å². The number of rotatable bonds is 8. The molecule has 190 valence electrons. The number of imidazole rings is 1. The molecule has 2 atom stereocenters. The Hall–Kier alpha value is -3.50. The summed E-state index contributed by atoms with van der Waals surface area (Å²) < 4.78 is 42.8. The van der Waals surface area contributed by atoms with E-state index in [1.54, 1.807) is 0 Å². The molecule has 0 aliphatic carbocycles. The van der Waals surface area contributed by atoms with Crippen LogP contribution in [0.5, 0.6) is 0 Å². The first kappa shape index (κ1) is 25.6. The molecule has 4 aromatic rings. The van der Waals surface area contributed by atoms with Gasteiger partial charge < -0.3 is 15.7 Å². The summed E-state index contributed by atoms with van der Waals surface area (Å²) >= 11 is 0. The van der Waals surface area contributed by atoms with Gasteiger partial charge in [0.25, 0.3) is 6.43 Å². The first-order valence-corrected chi connectivity index (χ1v) is 11.6. The van der Waals surface area contributed by atoms with Crippen LogP contribution in [0.15, 0.2) is 55.0 Å². The molecule has 0 aliphatic rings. The molecule has 3 heterocycles. The molecule has 4 rings (SSSR count). The van der Waals surface area contributed by atoms with Crippen molar-refractivity contribution in [3.05, 3.63) is 77.5 Å². The number of nitrogens with zero attached hydrogens (tertiary/aromatic N) is 4. The molecule has 3 N–H and O–H groups in total. The zero-order valence-corrected chi connectivity index (χ0v) is 20.5. The summed E-state index contributed by atoms with van der Waals surface area (Å²) in [7, 11) is 0. The van der Waals surface area contributed by atoms with Gasteiger partial charge in [-0.25, -0.2) is 28.1 Å². The molecule has 0 radical (unpaired) electrons. The van der Waals surface area contributed by atoms with Gasteiger partial charge in [-0.05, 0) is 51.0 Å². The highest BCUT2D eigenvalue weighted by atomic mass is 19.3. The Kier molecular flexibility index (Phi) is 7.28. The SMILES string of the molecule is C[C@H](Nc1ncc(F)c(-c2cnc3c(C(F)F)cccn23)n1)c1ccc(C(CO)NC(C)(C)C)cc1. The summed E-state index contributed by atoms with van der Waals surface area (Å²) in [6, 6.07) is 10.1. The van der Waals surface area contributed by atoms with E-state index in [-0.39, 0.29) is 52.8 Å². The van der Waals surface area contributed by atoms with Crippen LogP contribution in [0, 0.1) is 5.82 Å². The van der Waals surface area contributed by atoms with Gasteiger partial charge in [0, 0.05) is 11.7 Å². The molecule has 0 saturated carbocycles. The summed E-state index contributed by atoms with van der Waals surface area (Å²) in [4.78, 5) is 12.4. The van der Waals surface area contributed by atoms with Gasteiger partial charge in [0.2, 0.25) is 5.95 Å². The van der Waals surface area contributed by atoms with Crippen LogP contribution < -0.4 is 10.6 Å². The summed E-state index contributed by atoms with van der Waals surface area (Å²) in [6.07, 6.45) is 1.19. The van der Waals surface area contributed by atoms with Gasteiger partial charge in [-0.3, -0.25) is 4.40 Å². The number of pyridine rings is 1. The lowest BCUT2D eigenvalue weighted by Crippen LogP contribution is -2.40. The van der Waals surface area contributed by atoms with Crippen molar-refractivity contribution >= 4 is 11.6 Å². The van der Waals surface area contributed by atoms with Crippen molar-refractivity contribution in [2.75, 3.05) is 11.9 Å². The number of benzene rings is 1. The van der Waals surface area contributed by atoms with E-state index in [0.29, 0.717) is 0 Å². The molecule has 10 heteroatoms. The maximum absolute atomic E-state index is 14.7. The van der Waals surface area contributed by atoms with Crippen molar-refractivity contribution in [1.82, 2.24) is 24.7 Å². The van der Waals surface area contributed by atoms with Crippen LogP contribution in [0.3, 0.4) is 0 Å². The van der Waals surface area contributed by atoms with Gasteiger partial charge in [0.1, 0.15) is 11.3 Å². The fraction of sp³-hybridized carbons (Fsp3) is 0.346. The van der Waals surface area contributed by atoms with Crippen molar-refractivity contribution in [3.63, 3.8) is 0 Å². The van der Waals surface area contributed by atoms with Crippen molar-refractivity contribution in [2.45, 2.75) is 51.7 Å². The second kappa shape index (κ2) is 10.2. The summed E-state index contributed by atoms with van der Waals surface area (Å²) in [6.45, 7) is 8.01. The summed E-state index contributed by atoms with van der Waals surface area (Å²) in [5.41, 5.74) is 1.75. The minimum absolute atomic E-state index is 0.0291. The minimum Gasteiger partial charge on any atom is -0.394 e. The molecule has 0 saturated heterocycles.